The fourth-order valence-corrected chi connectivity index (χ4v) is 3.21. The van der Waals surface area contributed by atoms with E-state index in [1.165, 1.54) is 32.1 Å². The molecule has 0 spiro atoms. The molecule has 0 aliphatic heterocycles. The topological polar surface area (TPSA) is 35.2 Å². The van der Waals surface area contributed by atoms with Crippen molar-refractivity contribution in [2.45, 2.75) is 76.9 Å². The molecule has 2 heteroatoms. The minimum Gasteiger partial charge on any atom is -0.377 e. The Bertz CT molecular complexity index is 175. The highest BCUT2D eigenvalue weighted by molar-refractivity contribution is 4.90. The molecule has 1 aliphatic carbocycles. The summed E-state index contributed by atoms with van der Waals surface area (Å²) in [4.78, 5) is 0. The van der Waals surface area contributed by atoms with E-state index < -0.39 is 0 Å². The monoisotopic (exact) mass is 227 g/mol. The zero-order valence-electron chi connectivity index (χ0n) is 11.3. The van der Waals surface area contributed by atoms with Crippen LogP contribution in [0.25, 0.3) is 0 Å². The standard InChI is InChI=1S/C14H29NO/c1-4-14(5-2,16-3)13(15)11-12-9-7-6-8-10-12/h12-13H,4-11,15H2,1-3H3. The van der Waals surface area contributed by atoms with E-state index in [4.69, 9.17) is 10.5 Å². The molecule has 0 saturated heterocycles. The third-order valence-electron chi connectivity index (χ3n) is 4.59. The van der Waals surface area contributed by atoms with Gasteiger partial charge in [-0.2, -0.15) is 0 Å². The van der Waals surface area contributed by atoms with Crippen molar-refractivity contribution in [2.24, 2.45) is 11.7 Å². The van der Waals surface area contributed by atoms with Gasteiger partial charge >= 0.3 is 0 Å². The van der Waals surface area contributed by atoms with Crippen LogP contribution in [0.1, 0.15) is 65.2 Å². The van der Waals surface area contributed by atoms with Crippen LogP contribution in [-0.4, -0.2) is 18.8 Å². The second kappa shape index (κ2) is 6.61. The molecular formula is C14H29NO. The number of nitrogens with two attached hydrogens (primary N) is 1. The summed E-state index contributed by atoms with van der Waals surface area (Å²) in [6, 6.07) is 0.204. The Balaban J connectivity index is 2.50. The van der Waals surface area contributed by atoms with Crippen LogP contribution in [0.15, 0.2) is 0 Å². The Labute approximate surface area is 101 Å². The third-order valence-corrected chi connectivity index (χ3v) is 4.59. The molecule has 1 atom stereocenters. The molecular weight excluding hydrogens is 198 g/mol. The first-order valence-corrected chi connectivity index (χ1v) is 6.99. The lowest BCUT2D eigenvalue weighted by atomic mass is 9.78. The molecule has 96 valence electrons. The first kappa shape index (κ1) is 14.0. The molecule has 2 N–H and O–H groups in total. The minimum atomic E-state index is -0.0859. The van der Waals surface area contributed by atoms with Gasteiger partial charge in [-0.3, -0.25) is 0 Å². The number of hydrogen-bond acceptors (Lipinski definition) is 2. The highest BCUT2D eigenvalue weighted by atomic mass is 16.5. The van der Waals surface area contributed by atoms with Crippen LogP contribution < -0.4 is 5.73 Å². The van der Waals surface area contributed by atoms with Crippen LogP contribution >= 0.6 is 0 Å². The Kier molecular flexibility index (Phi) is 5.77. The quantitative estimate of drug-likeness (QED) is 0.754. The Hall–Kier alpha value is -0.0800. The van der Waals surface area contributed by atoms with Gasteiger partial charge in [-0.1, -0.05) is 46.0 Å². The predicted octanol–water partition coefficient (Wildman–Crippen LogP) is 3.49. The number of rotatable bonds is 6. The van der Waals surface area contributed by atoms with E-state index in [1.54, 1.807) is 0 Å². The minimum absolute atomic E-state index is 0.0859. The fraction of sp³-hybridized carbons (Fsp3) is 1.00. The summed E-state index contributed by atoms with van der Waals surface area (Å²) >= 11 is 0. The fourth-order valence-electron chi connectivity index (χ4n) is 3.21. The second-order valence-electron chi connectivity index (χ2n) is 5.32. The Morgan fingerprint density at radius 2 is 1.75 bits per heavy atom. The van der Waals surface area contributed by atoms with Crippen molar-refractivity contribution in [1.82, 2.24) is 0 Å². The molecule has 0 aromatic carbocycles. The molecule has 1 rings (SSSR count). The average Bonchev–Trinajstić information content (AvgIpc) is 2.33. The van der Waals surface area contributed by atoms with Crippen molar-refractivity contribution in [3.63, 3.8) is 0 Å². The number of ether oxygens (including phenoxy) is 1. The van der Waals surface area contributed by atoms with Crippen LogP contribution in [0.4, 0.5) is 0 Å². The second-order valence-corrected chi connectivity index (χ2v) is 5.32. The molecule has 1 saturated carbocycles. The largest absolute Gasteiger partial charge is 0.377 e. The molecule has 0 radical (unpaired) electrons. The van der Waals surface area contributed by atoms with Crippen molar-refractivity contribution in [2.75, 3.05) is 7.11 Å². The maximum Gasteiger partial charge on any atom is 0.0823 e. The van der Waals surface area contributed by atoms with E-state index in [0.717, 1.165) is 25.2 Å². The molecule has 0 amide bonds. The smallest absolute Gasteiger partial charge is 0.0823 e. The van der Waals surface area contributed by atoms with Gasteiger partial charge in [0.25, 0.3) is 0 Å². The van der Waals surface area contributed by atoms with Gasteiger partial charge in [-0.05, 0) is 25.2 Å². The number of methoxy groups -OCH3 is 1. The van der Waals surface area contributed by atoms with Crippen LogP contribution in [0.5, 0.6) is 0 Å². The van der Waals surface area contributed by atoms with Gasteiger partial charge < -0.3 is 10.5 Å². The van der Waals surface area contributed by atoms with Crippen molar-refractivity contribution in [1.29, 1.82) is 0 Å². The van der Waals surface area contributed by atoms with Gasteiger partial charge in [0.1, 0.15) is 0 Å². The Morgan fingerprint density at radius 3 is 2.19 bits per heavy atom. The first-order chi connectivity index (χ1) is 7.68. The molecule has 0 bridgehead atoms. The summed E-state index contributed by atoms with van der Waals surface area (Å²) in [5.41, 5.74) is 6.30. The molecule has 16 heavy (non-hydrogen) atoms. The van der Waals surface area contributed by atoms with Gasteiger partial charge in [0.05, 0.1) is 5.60 Å². The summed E-state index contributed by atoms with van der Waals surface area (Å²) in [7, 11) is 1.81. The van der Waals surface area contributed by atoms with Crippen LogP contribution in [0.3, 0.4) is 0 Å². The summed E-state index contributed by atoms with van der Waals surface area (Å²) < 4.78 is 5.71. The molecule has 0 aromatic rings. The maximum absolute atomic E-state index is 6.39. The highest BCUT2D eigenvalue weighted by Gasteiger charge is 2.34. The third kappa shape index (κ3) is 3.21. The van der Waals surface area contributed by atoms with E-state index in [-0.39, 0.29) is 11.6 Å². The van der Waals surface area contributed by atoms with Crippen LogP contribution in [-0.2, 0) is 4.74 Å². The van der Waals surface area contributed by atoms with Gasteiger partial charge in [0.2, 0.25) is 0 Å². The number of hydrogen-bond donors (Lipinski definition) is 1. The lowest BCUT2D eigenvalue weighted by Gasteiger charge is -2.38. The summed E-state index contributed by atoms with van der Waals surface area (Å²) in [5, 5.41) is 0. The van der Waals surface area contributed by atoms with E-state index in [0.29, 0.717) is 0 Å². The SMILES string of the molecule is CCC(CC)(OC)C(N)CC1CCCCC1. The van der Waals surface area contributed by atoms with Crippen molar-refractivity contribution < 1.29 is 4.74 Å². The molecule has 0 heterocycles. The van der Waals surface area contributed by atoms with Crippen molar-refractivity contribution >= 4 is 0 Å². The van der Waals surface area contributed by atoms with Gasteiger partial charge in [0.15, 0.2) is 0 Å². The molecule has 0 aromatic heterocycles. The van der Waals surface area contributed by atoms with E-state index in [2.05, 4.69) is 13.8 Å². The van der Waals surface area contributed by atoms with Gasteiger partial charge in [-0.25, -0.2) is 0 Å². The van der Waals surface area contributed by atoms with Crippen molar-refractivity contribution in [3.05, 3.63) is 0 Å². The van der Waals surface area contributed by atoms with Crippen molar-refractivity contribution in [3.8, 4) is 0 Å². The lowest BCUT2D eigenvalue weighted by Crippen LogP contribution is -2.49. The van der Waals surface area contributed by atoms with Gasteiger partial charge in [0, 0.05) is 13.2 Å². The predicted molar refractivity (Wildman–Crippen MR) is 69.5 cm³/mol. The Morgan fingerprint density at radius 1 is 1.19 bits per heavy atom. The van der Waals surface area contributed by atoms with E-state index >= 15 is 0 Å². The first-order valence-electron chi connectivity index (χ1n) is 6.99. The normalized spacial score (nSPS) is 21.0. The van der Waals surface area contributed by atoms with Crippen LogP contribution in [0, 0.1) is 5.92 Å². The van der Waals surface area contributed by atoms with Gasteiger partial charge in [-0.15, -0.1) is 0 Å². The molecule has 1 unspecified atom stereocenters. The summed E-state index contributed by atoms with van der Waals surface area (Å²) in [5.74, 6) is 0.844. The summed E-state index contributed by atoms with van der Waals surface area (Å²) in [6.45, 7) is 4.38. The molecule has 1 aliphatic rings. The lowest BCUT2D eigenvalue weighted by molar-refractivity contribution is -0.0438. The molecule has 1 fully saturated rings. The maximum atomic E-state index is 6.39. The van der Waals surface area contributed by atoms with E-state index in [9.17, 15) is 0 Å². The highest BCUT2D eigenvalue weighted by Crippen LogP contribution is 2.32. The average molecular weight is 227 g/mol. The summed E-state index contributed by atoms with van der Waals surface area (Å²) in [6.07, 6.45) is 10.2. The van der Waals surface area contributed by atoms with Crippen LogP contribution in [0.2, 0.25) is 0 Å². The molecule has 2 nitrogen and oxygen atoms in total. The van der Waals surface area contributed by atoms with E-state index in [1.807, 2.05) is 7.11 Å². The zero-order valence-corrected chi connectivity index (χ0v) is 11.3. The zero-order chi connectivity index (χ0) is 12.0.